The van der Waals surface area contributed by atoms with Crippen molar-refractivity contribution in [3.05, 3.63) is 71.8 Å². The van der Waals surface area contributed by atoms with Gasteiger partial charge in [0.15, 0.2) is 0 Å². The van der Waals surface area contributed by atoms with Crippen molar-refractivity contribution >= 4 is 0 Å². The lowest BCUT2D eigenvalue weighted by molar-refractivity contribution is 0.0327. The number of aliphatic hydroxyl groups is 3. The molecule has 4 heteroatoms. The molecular weight excluding hydrogens is 737 g/mol. The van der Waals surface area contributed by atoms with Crippen LogP contribution in [0.25, 0.3) is 0 Å². The van der Waals surface area contributed by atoms with Crippen molar-refractivity contribution < 1.29 is 20.1 Å². The Labute approximate surface area is 377 Å². The maximum atomic E-state index is 9.30. The Morgan fingerprint density at radius 2 is 1.05 bits per heavy atom. The van der Waals surface area contributed by atoms with Crippen LogP contribution in [0.15, 0.2) is 60.7 Å². The Hall–Kier alpha value is -1.72. The van der Waals surface area contributed by atoms with E-state index >= 15 is 0 Å². The van der Waals surface area contributed by atoms with Crippen LogP contribution in [0.5, 0.6) is 0 Å². The molecule has 3 N–H and O–H groups in total. The molecule has 0 amide bonds. The molecule has 0 radical (unpaired) electrons. The molecule has 0 spiro atoms. The minimum absolute atomic E-state index is 0.106. The molecule has 2 unspecified atom stereocenters. The van der Waals surface area contributed by atoms with Crippen molar-refractivity contribution in [1.29, 1.82) is 0 Å². The minimum atomic E-state index is -0.500. The van der Waals surface area contributed by atoms with Gasteiger partial charge in [0.2, 0.25) is 0 Å². The summed E-state index contributed by atoms with van der Waals surface area (Å²) in [6, 6.07) is 21.1. The van der Waals surface area contributed by atoms with Crippen LogP contribution in [0.3, 0.4) is 0 Å². The zero-order valence-electron chi connectivity index (χ0n) is 43.9. The third-order valence-electron chi connectivity index (χ3n) is 10.2. The van der Waals surface area contributed by atoms with Gasteiger partial charge < -0.3 is 20.1 Å². The number of ether oxygens (including phenoxy) is 1. The summed E-state index contributed by atoms with van der Waals surface area (Å²) in [5.74, 6) is 6.20. The normalized spacial score (nSPS) is 13.8. The maximum Gasteiger partial charge on any atom is 0.0614 e. The molecule has 1 fully saturated rings. The summed E-state index contributed by atoms with van der Waals surface area (Å²) in [5, 5.41) is 27.1. The van der Waals surface area contributed by atoms with Crippen LogP contribution >= 0.6 is 0 Å². The zero-order valence-corrected chi connectivity index (χ0v) is 43.9. The molecule has 0 heterocycles. The van der Waals surface area contributed by atoms with E-state index in [-0.39, 0.29) is 12.2 Å². The number of rotatable bonds is 15. The zero-order chi connectivity index (χ0) is 47.3. The highest BCUT2D eigenvalue weighted by atomic mass is 16.5. The second-order valence-electron chi connectivity index (χ2n) is 20.9. The van der Waals surface area contributed by atoms with Gasteiger partial charge in [0.05, 0.1) is 17.8 Å². The summed E-state index contributed by atoms with van der Waals surface area (Å²) in [6.07, 6.45) is 13.0. The Morgan fingerprint density at radius 3 is 1.32 bits per heavy atom. The number of hydrogen-bond donors (Lipinski definition) is 3. The second-order valence-corrected chi connectivity index (χ2v) is 20.9. The molecule has 0 aliphatic heterocycles. The van der Waals surface area contributed by atoms with Crippen molar-refractivity contribution in [2.24, 2.45) is 47.3 Å². The van der Waals surface area contributed by atoms with Gasteiger partial charge in [-0.15, -0.1) is 0 Å². The van der Waals surface area contributed by atoms with E-state index in [2.05, 4.69) is 138 Å². The lowest BCUT2D eigenvalue weighted by Crippen LogP contribution is -2.25. The summed E-state index contributed by atoms with van der Waals surface area (Å²) in [5.41, 5.74) is 2.36. The number of benzene rings is 2. The van der Waals surface area contributed by atoms with Gasteiger partial charge in [-0.25, -0.2) is 0 Å². The van der Waals surface area contributed by atoms with Crippen molar-refractivity contribution in [2.45, 2.75) is 226 Å². The monoisotopic (exact) mass is 845 g/mol. The van der Waals surface area contributed by atoms with Crippen molar-refractivity contribution in [3.63, 3.8) is 0 Å². The van der Waals surface area contributed by atoms with Crippen LogP contribution in [-0.2, 0) is 11.2 Å². The first kappa shape index (κ1) is 64.9. The van der Waals surface area contributed by atoms with Crippen LogP contribution in [-0.4, -0.2) is 46.3 Å². The van der Waals surface area contributed by atoms with Gasteiger partial charge in [-0.3, -0.25) is 0 Å². The van der Waals surface area contributed by atoms with E-state index in [1.54, 1.807) is 0 Å². The molecule has 3 rings (SSSR count). The molecule has 2 aromatic rings. The third-order valence-corrected chi connectivity index (χ3v) is 10.2. The van der Waals surface area contributed by atoms with Gasteiger partial charge in [-0.05, 0) is 124 Å². The van der Waals surface area contributed by atoms with E-state index in [0.717, 1.165) is 49.7 Å². The lowest BCUT2D eigenvalue weighted by Gasteiger charge is -2.22. The van der Waals surface area contributed by atoms with E-state index in [0.29, 0.717) is 29.6 Å². The standard InChI is InChI=1S/C10H20.C10H14.C9H12.C8H18O.C7H16O.2C6H14O/c2*1-9(2)8-10-6-4-3-5-7-10;1-8(2)9-6-4-3-5-7-9;1-6(2)5-8(9)7(3)4;1-4-8-6-5-7(2)3;1-5(2)6(3,4)7;1-5(2)4-6(3)7/h9-10H,3-8H2,1-2H3;3-7,9H,8H2,1-2H3;3-8H,1-2H3;6-9H,5H2,1-4H3;7H,4-6H2,1-3H3;5,7H,1-4H3;5-7H,4H2,1-3H3. The van der Waals surface area contributed by atoms with E-state index in [1.807, 2.05) is 61.5 Å². The SMILES string of the molecule is CC(C)C(C)(C)O.CC(C)CC(C)O.CC(C)CC(O)C(C)C.CC(C)CC1CCCCC1.CC(C)Cc1ccccc1.CC(C)c1ccccc1.CCOCCC(C)C. The van der Waals surface area contributed by atoms with E-state index in [9.17, 15) is 5.11 Å². The largest absolute Gasteiger partial charge is 0.393 e. The van der Waals surface area contributed by atoms with Crippen molar-refractivity contribution in [3.8, 4) is 0 Å². The van der Waals surface area contributed by atoms with Gasteiger partial charge in [-0.1, -0.05) is 204 Å². The topological polar surface area (TPSA) is 69.9 Å². The number of aliphatic hydroxyl groups excluding tert-OH is 2. The molecule has 0 bridgehead atoms. The molecule has 2 aromatic carbocycles. The first-order valence-electron chi connectivity index (χ1n) is 24.5. The lowest BCUT2D eigenvalue weighted by atomic mass is 9.84. The number of hydrogen-bond acceptors (Lipinski definition) is 4. The summed E-state index contributed by atoms with van der Waals surface area (Å²) in [7, 11) is 0. The van der Waals surface area contributed by atoms with E-state index in [4.69, 9.17) is 14.9 Å². The maximum absolute atomic E-state index is 9.30. The third kappa shape index (κ3) is 52.4. The molecule has 0 aromatic heterocycles. The smallest absolute Gasteiger partial charge is 0.0614 e. The summed E-state index contributed by atoms with van der Waals surface area (Å²) in [4.78, 5) is 0. The van der Waals surface area contributed by atoms with Gasteiger partial charge >= 0.3 is 0 Å². The molecular formula is C56H108O4. The fraction of sp³-hybridized carbons (Fsp3) is 0.786. The molecule has 60 heavy (non-hydrogen) atoms. The average molecular weight is 845 g/mol. The summed E-state index contributed by atoms with van der Waals surface area (Å²) >= 11 is 0. The fourth-order valence-corrected chi connectivity index (χ4v) is 5.91. The predicted octanol–water partition coefficient (Wildman–Crippen LogP) is 16.3. The Bertz CT molecular complexity index is 1090. The van der Waals surface area contributed by atoms with Gasteiger partial charge in [-0.2, -0.15) is 0 Å². The molecule has 4 nitrogen and oxygen atoms in total. The fourth-order valence-electron chi connectivity index (χ4n) is 5.91. The van der Waals surface area contributed by atoms with Crippen LogP contribution in [0.4, 0.5) is 0 Å². The molecule has 1 aliphatic carbocycles. The molecule has 1 aliphatic rings. The highest BCUT2D eigenvalue weighted by molar-refractivity contribution is 5.17. The average Bonchev–Trinajstić information content (AvgIpc) is 3.13. The van der Waals surface area contributed by atoms with Crippen molar-refractivity contribution in [2.75, 3.05) is 13.2 Å². The first-order chi connectivity index (χ1) is 27.8. The van der Waals surface area contributed by atoms with E-state index < -0.39 is 5.60 Å². The molecule has 2 atom stereocenters. The van der Waals surface area contributed by atoms with Crippen LogP contribution < -0.4 is 0 Å². The summed E-state index contributed by atoms with van der Waals surface area (Å²) in [6.45, 7) is 43.8. The Morgan fingerprint density at radius 1 is 0.600 bits per heavy atom. The highest BCUT2D eigenvalue weighted by Gasteiger charge is 2.16. The van der Waals surface area contributed by atoms with Crippen molar-refractivity contribution in [1.82, 2.24) is 0 Å². The molecule has 1 saturated carbocycles. The van der Waals surface area contributed by atoms with Gasteiger partial charge in [0, 0.05) is 13.2 Å². The van der Waals surface area contributed by atoms with E-state index in [1.165, 1.54) is 62.5 Å². The van der Waals surface area contributed by atoms with Crippen LogP contribution in [0.2, 0.25) is 0 Å². The quantitative estimate of drug-likeness (QED) is 0.156. The predicted molar refractivity (Wildman–Crippen MR) is 270 cm³/mol. The first-order valence-corrected chi connectivity index (χ1v) is 24.5. The van der Waals surface area contributed by atoms with Crippen LogP contribution in [0, 0.1) is 47.3 Å². The van der Waals surface area contributed by atoms with Gasteiger partial charge in [0.25, 0.3) is 0 Å². The second kappa shape index (κ2) is 41.3. The summed E-state index contributed by atoms with van der Waals surface area (Å²) < 4.78 is 5.14. The Kier molecular flexibility index (Phi) is 44.7. The molecule has 356 valence electrons. The van der Waals surface area contributed by atoms with Gasteiger partial charge in [0.1, 0.15) is 0 Å². The molecule has 0 saturated heterocycles. The Balaban J connectivity index is -0.000000306. The van der Waals surface area contributed by atoms with Crippen LogP contribution in [0.1, 0.15) is 213 Å². The minimum Gasteiger partial charge on any atom is -0.393 e. The highest BCUT2D eigenvalue weighted by Crippen LogP contribution is 2.28.